The summed E-state index contributed by atoms with van der Waals surface area (Å²) >= 11 is 1.37. The van der Waals surface area contributed by atoms with Crippen LogP contribution in [0.4, 0.5) is 0 Å². The summed E-state index contributed by atoms with van der Waals surface area (Å²) in [6, 6.07) is 1.97. The molecule has 0 saturated carbocycles. The standard InChI is InChI=1S/C18H28O4S/c1-17(2,3)11-10-12(18(4,5)6)16(15(21)14(11)20)23-9-8-13(19)22-7/h10,20-21H,8-9H2,1-7H3. The van der Waals surface area contributed by atoms with Gasteiger partial charge in [-0.05, 0) is 22.5 Å². The van der Waals surface area contributed by atoms with Crippen molar-refractivity contribution in [3.8, 4) is 11.5 Å². The molecule has 0 aliphatic rings. The molecule has 0 bridgehead atoms. The predicted octanol–water partition coefficient (Wildman–Crippen LogP) is 4.35. The van der Waals surface area contributed by atoms with Crippen LogP contribution in [0.2, 0.25) is 0 Å². The second kappa shape index (κ2) is 7.04. The maximum Gasteiger partial charge on any atom is 0.306 e. The number of carbonyl (C=O) groups is 1. The monoisotopic (exact) mass is 340 g/mol. The first-order valence-corrected chi connectivity index (χ1v) is 8.67. The van der Waals surface area contributed by atoms with E-state index in [1.54, 1.807) is 0 Å². The Kier molecular flexibility index (Phi) is 6.02. The van der Waals surface area contributed by atoms with E-state index in [-0.39, 0.29) is 34.7 Å². The molecular weight excluding hydrogens is 312 g/mol. The first-order chi connectivity index (χ1) is 10.4. The third-order valence-electron chi connectivity index (χ3n) is 3.62. The zero-order valence-corrected chi connectivity index (χ0v) is 15.9. The van der Waals surface area contributed by atoms with Gasteiger partial charge in [0.05, 0.1) is 18.4 Å². The second-order valence-electron chi connectivity index (χ2n) is 7.67. The number of hydrogen-bond acceptors (Lipinski definition) is 5. The molecule has 0 radical (unpaired) electrons. The van der Waals surface area contributed by atoms with E-state index >= 15 is 0 Å². The Morgan fingerprint density at radius 2 is 1.57 bits per heavy atom. The Morgan fingerprint density at radius 1 is 1.04 bits per heavy atom. The SMILES string of the molecule is COC(=O)CCSc1c(C(C)(C)C)cc(C(C)(C)C)c(O)c1O. The summed E-state index contributed by atoms with van der Waals surface area (Å²) in [7, 11) is 1.36. The fraction of sp³-hybridized carbons (Fsp3) is 0.611. The van der Waals surface area contributed by atoms with Crippen LogP contribution in [0.1, 0.15) is 59.1 Å². The van der Waals surface area contributed by atoms with E-state index in [0.717, 1.165) is 11.1 Å². The molecule has 4 nitrogen and oxygen atoms in total. The minimum absolute atomic E-state index is 0.0777. The van der Waals surface area contributed by atoms with Gasteiger partial charge in [0.2, 0.25) is 0 Å². The Morgan fingerprint density at radius 3 is 2.00 bits per heavy atom. The third-order valence-corrected chi connectivity index (χ3v) is 4.73. The Balaban J connectivity index is 3.33. The Labute approximate surface area is 143 Å². The van der Waals surface area contributed by atoms with Crippen molar-refractivity contribution in [1.29, 1.82) is 0 Å². The van der Waals surface area contributed by atoms with Gasteiger partial charge in [0.15, 0.2) is 11.5 Å². The van der Waals surface area contributed by atoms with Gasteiger partial charge < -0.3 is 14.9 Å². The molecule has 0 aliphatic carbocycles. The predicted molar refractivity (Wildman–Crippen MR) is 94.5 cm³/mol. The van der Waals surface area contributed by atoms with Crippen LogP contribution in [0.5, 0.6) is 11.5 Å². The van der Waals surface area contributed by atoms with Crippen molar-refractivity contribution < 1.29 is 19.7 Å². The summed E-state index contributed by atoms with van der Waals surface area (Å²) in [5.74, 6) is 0.0190. The fourth-order valence-corrected chi connectivity index (χ4v) is 3.48. The summed E-state index contributed by atoms with van der Waals surface area (Å²) < 4.78 is 4.64. The first kappa shape index (κ1) is 19.7. The largest absolute Gasteiger partial charge is 0.504 e. The maximum absolute atomic E-state index is 11.3. The number of benzene rings is 1. The smallest absolute Gasteiger partial charge is 0.306 e. The summed E-state index contributed by atoms with van der Waals surface area (Å²) in [6.07, 6.45) is 0.256. The van der Waals surface area contributed by atoms with Crippen LogP contribution in [0.25, 0.3) is 0 Å². The van der Waals surface area contributed by atoms with E-state index in [1.165, 1.54) is 18.9 Å². The molecule has 1 rings (SSSR count). The van der Waals surface area contributed by atoms with E-state index < -0.39 is 0 Å². The van der Waals surface area contributed by atoms with Gasteiger partial charge in [0.1, 0.15) is 0 Å². The second-order valence-corrected chi connectivity index (χ2v) is 8.78. The van der Waals surface area contributed by atoms with E-state index in [4.69, 9.17) is 0 Å². The average molecular weight is 340 g/mol. The molecule has 5 heteroatoms. The number of ether oxygens (including phenoxy) is 1. The normalized spacial score (nSPS) is 12.3. The van der Waals surface area contributed by atoms with Crippen molar-refractivity contribution in [1.82, 2.24) is 0 Å². The van der Waals surface area contributed by atoms with Gasteiger partial charge in [-0.3, -0.25) is 4.79 Å². The first-order valence-electron chi connectivity index (χ1n) is 7.69. The molecule has 1 aromatic rings. The molecule has 23 heavy (non-hydrogen) atoms. The minimum Gasteiger partial charge on any atom is -0.504 e. The fourth-order valence-electron chi connectivity index (χ4n) is 2.25. The van der Waals surface area contributed by atoms with Gasteiger partial charge in [-0.15, -0.1) is 11.8 Å². The maximum atomic E-state index is 11.3. The van der Waals surface area contributed by atoms with Crippen molar-refractivity contribution in [3.63, 3.8) is 0 Å². The third kappa shape index (κ3) is 4.80. The van der Waals surface area contributed by atoms with Crippen molar-refractivity contribution in [3.05, 3.63) is 17.2 Å². The molecule has 0 amide bonds. The van der Waals surface area contributed by atoms with E-state index in [2.05, 4.69) is 25.5 Å². The number of rotatable bonds is 4. The van der Waals surface area contributed by atoms with Crippen LogP contribution in [0.15, 0.2) is 11.0 Å². The lowest BCUT2D eigenvalue weighted by Crippen LogP contribution is -2.18. The number of carbonyl (C=O) groups excluding carboxylic acids is 1. The highest BCUT2D eigenvalue weighted by Crippen LogP contribution is 2.48. The van der Waals surface area contributed by atoms with Gasteiger partial charge in [0, 0.05) is 11.3 Å². The van der Waals surface area contributed by atoms with E-state index in [1.807, 2.05) is 26.8 Å². The van der Waals surface area contributed by atoms with Crippen molar-refractivity contribution in [2.24, 2.45) is 0 Å². The van der Waals surface area contributed by atoms with Gasteiger partial charge in [-0.1, -0.05) is 41.5 Å². The number of aromatic hydroxyl groups is 2. The molecule has 2 N–H and O–H groups in total. The van der Waals surface area contributed by atoms with Gasteiger partial charge >= 0.3 is 5.97 Å². The number of phenols is 2. The minimum atomic E-state index is -0.287. The molecule has 0 aliphatic heterocycles. The molecule has 0 saturated heterocycles. The Bertz CT molecular complexity index is 580. The van der Waals surface area contributed by atoms with E-state index in [9.17, 15) is 15.0 Å². The lowest BCUT2D eigenvalue weighted by molar-refractivity contribution is -0.140. The summed E-state index contributed by atoms with van der Waals surface area (Å²) in [4.78, 5) is 11.9. The van der Waals surface area contributed by atoms with Crippen molar-refractivity contribution >= 4 is 17.7 Å². The quantitative estimate of drug-likeness (QED) is 0.484. The highest BCUT2D eigenvalue weighted by Gasteiger charge is 2.29. The van der Waals surface area contributed by atoms with Gasteiger partial charge in [-0.2, -0.15) is 0 Å². The number of methoxy groups -OCH3 is 1. The van der Waals surface area contributed by atoms with E-state index in [0.29, 0.717) is 10.6 Å². The lowest BCUT2D eigenvalue weighted by atomic mass is 9.80. The molecule has 0 unspecified atom stereocenters. The summed E-state index contributed by atoms with van der Waals surface area (Å²) in [5.41, 5.74) is 1.21. The lowest BCUT2D eigenvalue weighted by Gasteiger charge is -2.29. The van der Waals surface area contributed by atoms with Crippen LogP contribution >= 0.6 is 11.8 Å². The highest BCUT2D eigenvalue weighted by atomic mass is 32.2. The van der Waals surface area contributed by atoms with Crippen LogP contribution in [0, 0.1) is 0 Å². The molecule has 0 spiro atoms. The van der Waals surface area contributed by atoms with Crippen molar-refractivity contribution in [2.45, 2.75) is 63.7 Å². The molecule has 130 valence electrons. The summed E-state index contributed by atoms with van der Waals surface area (Å²) in [6.45, 7) is 12.2. The number of phenolic OH excluding ortho intramolecular Hbond substituents is 2. The Hall–Kier alpha value is -1.36. The molecule has 0 heterocycles. The van der Waals surface area contributed by atoms with Crippen LogP contribution in [-0.2, 0) is 20.4 Å². The van der Waals surface area contributed by atoms with Crippen LogP contribution in [-0.4, -0.2) is 29.0 Å². The topological polar surface area (TPSA) is 66.8 Å². The average Bonchev–Trinajstić information content (AvgIpc) is 2.40. The van der Waals surface area contributed by atoms with Gasteiger partial charge in [-0.25, -0.2) is 0 Å². The van der Waals surface area contributed by atoms with Crippen molar-refractivity contribution in [2.75, 3.05) is 12.9 Å². The molecular formula is C18H28O4S. The zero-order valence-electron chi connectivity index (χ0n) is 15.1. The molecule has 0 fully saturated rings. The number of hydrogen-bond donors (Lipinski definition) is 2. The van der Waals surface area contributed by atoms with Crippen LogP contribution in [0.3, 0.4) is 0 Å². The number of esters is 1. The highest BCUT2D eigenvalue weighted by molar-refractivity contribution is 7.99. The number of thioether (sulfide) groups is 1. The van der Waals surface area contributed by atoms with Crippen LogP contribution < -0.4 is 0 Å². The molecule has 0 atom stereocenters. The summed E-state index contributed by atoms with van der Waals surface area (Å²) in [5, 5.41) is 20.9. The van der Waals surface area contributed by atoms with Gasteiger partial charge in [0.25, 0.3) is 0 Å². The molecule has 0 aromatic heterocycles. The molecule has 1 aromatic carbocycles. The zero-order chi connectivity index (χ0) is 18.0.